The normalized spacial score (nSPS) is 40.0. The number of methoxy groups -OCH3 is 2. The van der Waals surface area contributed by atoms with Crippen LogP contribution in [0.3, 0.4) is 0 Å². The number of hydrogen-bond donors (Lipinski definition) is 1. The Hall–Kier alpha value is 0.295. The topological polar surface area (TPSA) is 38.7 Å². The molecule has 0 aromatic heterocycles. The van der Waals surface area contributed by atoms with Gasteiger partial charge in [0.05, 0.1) is 31.9 Å². The van der Waals surface area contributed by atoms with E-state index in [1.807, 2.05) is 6.92 Å². The second-order valence-corrected chi connectivity index (χ2v) is 5.07. The van der Waals surface area contributed by atoms with Crippen LogP contribution in [0.1, 0.15) is 6.92 Å². The average molecular weight is 216 g/mol. The van der Waals surface area contributed by atoms with Gasteiger partial charge in [0.1, 0.15) is 0 Å². The highest BCUT2D eigenvalue weighted by atomic mass is 32.2. The summed E-state index contributed by atoms with van der Waals surface area (Å²) < 4.78 is 10.3. The summed E-state index contributed by atoms with van der Waals surface area (Å²) in [5.74, 6) is 0.0152. The van der Waals surface area contributed by atoms with Crippen molar-refractivity contribution in [2.24, 2.45) is 0 Å². The van der Waals surface area contributed by atoms with E-state index in [9.17, 15) is 5.11 Å². The molecule has 5 heteroatoms. The number of ether oxygens (including phenoxy) is 2. The van der Waals surface area contributed by atoms with E-state index in [2.05, 4.69) is 0 Å². The Kier molecular flexibility index (Phi) is 4.77. The molecule has 1 saturated heterocycles. The Morgan fingerprint density at radius 3 is 2.50 bits per heavy atom. The summed E-state index contributed by atoms with van der Waals surface area (Å²) >= 11 is 1.66. The maximum Gasteiger partial charge on any atom is 0.0955 e. The van der Waals surface area contributed by atoms with Gasteiger partial charge in [0.25, 0.3) is 0 Å². The first-order valence-corrected chi connectivity index (χ1v) is 5.67. The summed E-state index contributed by atoms with van der Waals surface area (Å²) in [6, 6.07) is 0. The molecular weight excluding hydrogens is 199 g/mol. The third kappa shape index (κ3) is 2.45. The summed E-state index contributed by atoms with van der Waals surface area (Å²) in [7, 11) is 9.07. The average Bonchev–Trinajstić information content (AvgIpc) is 2.44. The van der Waals surface area contributed by atoms with Gasteiger partial charge in [0.15, 0.2) is 0 Å². The molecular formula is C9H17BO3S. The fourth-order valence-electron chi connectivity index (χ4n) is 1.76. The molecule has 0 bridgehead atoms. The SMILES string of the molecule is [B][C@H](C)C1S[C@H](COC)[C@H](O)C1OC. The van der Waals surface area contributed by atoms with Crippen molar-refractivity contribution >= 4 is 19.6 Å². The zero-order valence-corrected chi connectivity index (χ0v) is 9.66. The van der Waals surface area contributed by atoms with Crippen molar-refractivity contribution in [1.29, 1.82) is 0 Å². The van der Waals surface area contributed by atoms with Gasteiger partial charge in [0.2, 0.25) is 0 Å². The molecule has 1 rings (SSSR count). The zero-order valence-electron chi connectivity index (χ0n) is 8.84. The molecule has 3 nitrogen and oxygen atoms in total. The summed E-state index contributed by atoms with van der Waals surface area (Å²) in [6.45, 7) is 2.47. The lowest BCUT2D eigenvalue weighted by atomic mass is 9.83. The molecule has 1 N–H and O–H groups in total. The largest absolute Gasteiger partial charge is 0.389 e. The molecule has 1 aliphatic rings. The van der Waals surface area contributed by atoms with Gasteiger partial charge in [-0.05, 0) is 0 Å². The fraction of sp³-hybridized carbons (Fsp3) is 1.00. The van der Waals surface area contributed by atoms with E-state index in [4.69, 9.17) is 17.3 Å². The molecule has 5 atom stereocenters. The maximum absolute atomic E-state index is 9.92. The molecule has 14 heavy (non-hydrogen) atoms. The Bertz CT molecular complexity index is 179. The molecule has 80 valence electrons. The zero-order chi connectivity index (χ0) is 10.7. The third-order valence-corrected chi connectivity index (χ3v) is 4.27. The van der Waals surface area contributed by atoms with Gasteiger partial charge in [0, 0.05) is 19.5 Å². The van der Waals surface area contributed by atoms with Crippen LogP contribution in [0.5, 0.6) is 0 Å². The quantitative estimate of drug-likeness (QED) is 0.693. The molecule has 1 heterocycles. The predicted octanol–water partition coefficient (Wildman–Crippen LogP) is 0.470. The van der Waals surface area contributed by atoms with Crippen LogP contribution in [0.2, 0.25) is 5.82 Å². The lowest BCUT2D eigenvalue weighted by Gasteiger charge is -2.22. The van der Waals surface area contributed by atoms with Gasteiger partial charge in [-0.1, -0.05) is 12.7 Å². The highest BCUT2D eigenvalue weighted by molar-refractivity contribution is 8.01. The monoisotopic (exact) mass is 216 g/mol. The van der Waals surface area contributed by atoms with Gasteiger partial charge < -0.3 is 14.6 Å². The molecule has 0 spiro atoms. The first-order valence-electron chi connectivity index (χ1n) is 4.72. The Morgan fingerprint density at radius 1 is 1.50 bits per heavy atom. The predicted molar refractivity (Wildman–Crippen MR) is 59.0 cm³/mol. The summed E-state index contributed by atoms with van der Waals surface area (Å²) in [5, 5.41) is 10.1. The van der Waals surface area contributed by atoms with Gasteiger partial charge in [-0.15, -0.1) is 11.8 Å². The summed E-state index contributed by atoms with van der Waals surface area (Å²) in [5.41, 5.74) is 0. The van der Waals surface area contributed by atoms with Crippen LogP contribution >= 0.6 is 11.8 Å². The Balaban J connectivity index is 2.63. The molecule has 0 saturated carbocycles. The first kappa shape index (κ1) is 12.4. The molecule has 0 amide bonds. The van der Waals surface area contributed by atoms with Crippen LogP contribution in [0.25, 0.3) is 0 Å². The second kappa shape index (κ2) is 5.40. The van der Waals surface area contributed by atoms with Crippen LogP contribution in [0.15, 0.2) is 0 Å². The van der Waals surface area contributed by atoms with Crippen LogP contribution in [-0.2, 0) is 9.47 Å². The number of hydrogen-bond acceptors (Lipinski definition) is 4. The minimum atomic E-state index is -0.485. The van der Waals surface area contributed by atoms with Crippen LogP contribution in [0, 0.1) is 0 Å². The molecule has 0 aromatic rings. The Morgan fingerprint density at radius 2 is 2.14 bits per heavy atom. The first-order chi connectivity index (χ1) is 6.61. The lowest BCUT2D eigenvalue weighted by Crippen LogP contribution is -2.36. The summed E-state index contributed by atoms with van der Waals surface area (Å²) in [4.78, 5) is 0. The van der Waals surface area contributed by atoms with E-state index in [1.54, 1.807) is 26.0 Å². The second-order valence-electron chi connectivity index (χ2n) is 3.64. The van der Waals surface area contributed by atoms with Crippen molar-refractivity contribution < 1.29 is 14.6 Å². The van der Waals surface area contributed by atoms with Crippen molar-refractivity contribution in [3.05, 3.63) is 0 Å². The van der Waals surface area contributed by atoms with Crippen LogP contribution in [-0.4, -0.2) is 56.5 Å². The van der Waals surface area contributed by atoms with Gasteiger partial charge in [-0.2, -0.15) is 0 Å². The summed E-state index contributed by atoms with van der Waals surface area (Å²) in [6.07, 6.45) is -0.666. The molecule has 0 aromatic carbocycles. The maximum atomic E-state index is 9.92. The lowest BCUT2D eigenvalue weighted by molar-refractivity contribution is -0.0121. The van der Waals surface area contributed by atoms with Crippen LogP contribution < -0.4 is 0 Å². The van der Waals surface area contributed by atoms with Crippen molar-refractivity contribution in [2.45, 2.75) is 35.4 Å². The van der Waals surface area contributed by atoms with E-state index in [0.29, 0.717) is 6.61 Å². The standard InChI is InChI=1S/C9H17BO3S/c1-5(10)9-8(13-3)7(11)6(14-9)4-12-2/h5-9,11H,4H2,1-3H3/t5-,6-,7+,8?,9?/m1/s1. The fourth-order valence-corrected chi connectivity index (χ4v) is 3.37. The Labute approximate surface area is 90.9 Å². The van der Waals surface area contributed by atoms with E-state index in [-0.39, 0.29) is 22.4 Å². The molecule has 2 unspecified atom stereocenters. The van der Waals surface area contributed by atoms with Crippen molar-refractivity contribution in [3.8, 4) is 0 Å². The third-order valence-electron chi connectivity index (χ3n) is 2.49. The van der Waals surface area contributed by atoms with Gasteiger partial charge in [-0.25, -0.2) is 0 Å². The minimum Gasteiger partial charge on any atom is -0.389 e. The highest BCUT2D eigenvalue weighted by Crippen LogP contribution is 2.40. The number of aliphatic hydroxyl groups excluding tert-OH is 1. The van der Waals surface area contributed by atoms with E-state index < -0.39 is 6.10 Å². The molecule has 1 fully saturated rings. The van der Waals surface area contributed by atoms with Gasteiger partial charge in [-0.3, -0.25) is 0 Å². The number of rotatable bonds is 4. The van der Waals surface area contributed by atoms with E-state index in [0.717, 1.165) is 0 Å². The highest BCUT2D eigenvalue weighted by Gasteiger charge is 2.44. The molecule has 1 aliphatic heterocycles. The van der Waals surface area contributed by atoms with Crippen LogP contribution in [0.4, 0.5) is 0 Å². The minimum absolute atomic E-state index is 0.0152. The van der Waals surface area contributed by atoms with Crippen molar-refractivity contribution in [2.75, 3.05) is 20.8 Å². The molecule has 2 radical (unpaired) electrons. The number of aliphatic hydroxyl groups is 1. The van der Waals surface area contributed by atoms with Crippen molar-refractivity contribution in [3.63, 3.8) is 0 Å². The molecule has 0 aliphatic carbocycles. The van der Waals surface area contributed by atoms with Gasteiger partial charge >= 0.3 is 0 Å². The smallest absolute Gasteiger partial charge is 0.0955 e. The number of thioether (sulfide) groups is 1. The van der Waals surface area contributed by atoms with E-state index >= 15 is 0 Å². The van der Waals surface area contributed by atoms with Crippen molar-refractivity contribution in [1.82, 2.24) is 0 Å². The van der Waals surface area contributed by atoms with E-state index in [1.165, 1.54) is 0 Å².